The number of nitrogens with one attached hydrogen (secondary N) is 1. The molecule has 0 aliphatic carbocycles. The second kappa shape index (κ2) is 7.23. The first kappa shape index (κ1) is 14.8. The number of esters is 1. The first-order chi connectivity index (χ1) is 8.29. The van der Waals surface area contributed by atoms with Crippen molar-refractivity contribution >= 4 is 34.7 Å². The number of H-pyrrole nitrogens is 1. The lowest BCUT2D eigenvalue weighted by Gasteiger charge is -2.01. The number of aromatic amines is 1. The second-order valence-corrected chi connectivity index (χ2v) is 4.34. The van der Waals surface area contributed by atoms with Gasteiger partial charge in [-0.3, -0.25) is 0 Å². The van der Waals surface area contributed by atoms with E-state index in [0.29, 0.717) is 5.56 Å². The summed E-state index contributed by atoms with van der Waals surface area (Å²) >= 11 is 1.62. The lowest BCUT2D eigenvalue weighted by Crippen LogP contribution is -2.00. The van der Waals surface area contributed by atoms with Crippen LogP contribution in [0.5, 0.6) is 0 Å². The number of carbonyl (C=O) groups excluding carboxylic acids is 1. The van der Waals surface area contributed by atoms with Crippen molar-refractivity contribution in [3.8, 4) is 0 Å². The molecule has 2 aromatic rings. The van der Waals surface area contributed by atoms with Crippen LogP contribution in [0.3, 0.4) is 0 Å². The van der Waals surface area contributed by atoms with E-state index < -0.39 is 0 Å². The van der Waals surface area contributed by atoms with Crippen LogP contribution in [0.15, 0.2) is 41.8 Å². The summed E-state index contributed by atoms with van der Waals surface area (Å²) in [5.41, 5.74) is 1.71. The van der Waals surface area contributed by atoms with Crippen LogP contribution < -0.4 is 0 Å². The molecule has 0 aliphatic heterocycles. The van der Waals surface area contributed by atoms with Crippen LogP contribution >= 0.6 is 28.7 Å². The zero-order chi connectivity index (χ0) is 12.1. The van der Waals surface area contributed by atoms with Crippen LogP contribution in [0.4, 0.5) is 0 Å². The molecule has 0 fully saturated rings. The highest BCUT2D eigenvalue weighted by molar-refractivity contribution is 8.93. The Morgan fingerprint density at radius 1 is 1.39 bits per heavy atom. The fraction of sp³-hybridized carbons (Fsp3) is 0.167. The predicted octanol–water partition coefficient (Wildman–Crippen LogP) is 3.07. The summed E-state index contributed by atoms with van der Waals surface area (Å²) < 4.78 is 4.64. The lowest BCUT2D eigenvalue weighted by atomic mass is 10.1. The average molecular weight is 329 g/mol. The maximum absolute atomic E-state index is 11.2. The summed E-state index contributed by atoms with van der Waals surface area (Å²) in [6.45, 7) is 0. The van der Waals surface area contributed by atoms with Gasteiger partial charge in [-0.1, -0.05) is 23.9 Å². The molecule has 1 N–H and O–H groups in total. The summed E-state index contributed by atoms with van der Waals surface area (Å²) in [6, 6.07) is 7.37. The normalized spacial score (nSPS) is 9.61. The molecule has 2 rings (SSSR count). The fourth-order valence-corrected chi connectivity index (χ4v) is 2.12. The van der Waals surface area contributed by atoms with Gasteiger partial charge in [0.2, 0.25) is 0 Å². The molecule has 0 spiro atoms. The number of nitrogens with zero attached hydrogens (tertiary/aromatic N) is 1. The van der Waals surface area contributed by atoms with Gasteiger partial charge in [-0.25, -0.2) is 9.78 Å². The van der Waals surface area contributed by atoms with Gasteiger partial charge >= 0.3 is 5.97 Å². The van der Waals surface area contributed by atoms with Gasteiger partial charge in [-0.05, 0) is 17.7 Å². The highest BCUT2D eigenvalue weighted by Crippen LogP contribution is 2.19. The van der Waals surface area contributed by atoms with Crippen molar-refractivity contribution < 1.29 is 9.53 Å². The Bertz CT molecular complexity index is 485. The van der Waals surface area contributed by atoms with Gasteiger partial charge in [0.15, 0.2) is 5.16 Å². The molecule has 0 saturated carbocycles. The average Bonchev–Trinajstić information content (AvgIpc) is 2.89. The summed E-state index contributed by atoms with van der Waals surface area (Å²) in [5, 5.41) is 0.891. The van der Waals surface area contributed by atoms with Crippen molar-refractivity contribution in [3.05, 3.63) is 47.8 Å². The van der Waals surface area contributed by atoms with Crippen LogP contribution in [0.2, 0.25) is 0 Å². The molecule has 4 nitrogen and oxygen atoms in total. The highest BCUT2D eigenvalue weighted by Gasteiger charge is 2.04. The maximum Gasteiger partial charge on any atom is 0.337 e. The van der Waals surface area contributed by atoms with Crippen molar-refractivity contribution in [1.29, 1.82) is 0 Å². The van der Waals surface area contributed by atoms with E-state index in [1.165, 1.54) is 7.11 Å². The SMILES string of the molecule is Br.COC(=O)c1ccc(CSc2ncc[nH]2)cc1. The van der Waals surface area contributed by atoms with Gasteiger partial charge in [0, 0.05) is 18.1 Å². The highest BCUT2D eigenvalue weighted by atomic mass is 79.9. The van der Waals surface area contributed by atoms with E-state index in [0.717, 1.165) is 16.5 Å². The molecule has 1 aromatic heterocycles. The van der Waals surface area contributed by atoms with Crippen molar-refractivity contribution in [1.82, 2.24) is 9.97 Å². The Balaban J connectivity index is 0.00000162. The molecule has 18 heavy (non-hydrogen) atoms. The number of ether oxygens (including phenoxy) is 1. The first-order valence-electron chi connectivity index (χ1n) is 5.09. The van der Waals surface area contributed by atoms with E-state index >= 15 is 0 Å². The van der Waals surface area contributed by atoms with Crippen LogP contribution in [-0.2, 0) is 10.5 Å². The summed E-state index contributed by atoms with van der Waals surface area (Å²) in [5.74, 6) is 0.504. The zero-order valence-corrected chi connectivity index (χ0v) is 12.3. The molecule has 0 bridgehead atoms. The number of benzene rings is 1. The Morgan fingerprint density at radius 3 is 2.67 bits per heavy atom. The second-order valence-electron chi connectivity index (χ2n) is 3.37. The Morgan fingerprint density at radius 2 is 2.11 bits per heavy atom. The first-order valence-corrected chi connectivity index (χ1v) is 6.07. The van der Waals surface area contributed by atoms with E-state index in [2.05, 4.69) is 14.7 Å². The summed E-state index contributed by atoms with van der Waals surface area (Å²) in [4.78, 5) is 18.4. The largest absolute Gasteiger partial charge is 0.465 e. The molecule has 96 valence electrons. The van der Waals surface area contributed by atoms with E-state index in [4.69, 9.17) is 0 Å². The molecule has 1 heterocycles. The fourth-order valence-electron chi connectivity index (χ4n) is 1.34. The Kier molecular flexibility index (Phi) is 5.94. The lowest BCUT2D eigenvalue weighted by molar-refractivity contribution is 0.0601. The number of imidazole rings is 1. The van der Waals surface area contributed by atoms with Crippen LogP contribution in [0.1, 0.15) is 15.9 Å². The number of aromatic nitrogens is 2. The number of methoxy groups -OCH3 is 1. The van der Waals surface area contributed by atoms with Crippen molar-refractivity contribution in [2.75, 3.05) is 7.11 Å². The molecule has 0 unspecified atom stereocenters. The molecule has 0 atom stereocenters. The van der Waals surface area contributed by atoms with Gasteiger partial charge in [0.1, 0.15) is 0 Å². The molecular formula is C12H13BrN2O2S. The third-order valence-electron chi connectivity index (χ3n) is 2.22. The van der Waals surface area contributed by atoms with Crippen molar-refractivity contribution in [3.63, 3.8) is 0 Å². The number of halogens is 1. The molecule has 0 aliphatic rings. The van der Waals surface area contributed by atoms with Gasteiger partial charge < -0.3 is 9.72 Å². The van der Waals surface area contributed by atoms with Crippen LogP contribution in [-0.4, -0.2) is 23.0 Å². The number of rotatable bonds is 4. The minimum Gasteiger partial charge on any atom is -0.465 e. The Hall–Kier alpha value is -1.27. The van der Waals surface area contributed by atoms with Gasteiger partial charge in [0.05, 0.1) is 12.7 Å². The Labute approximate surface area is 120 Å². The number of thioether (sulfide) groups is 1. The number of hydrogen-bond acceptors (Lipinski definition) is 4. The topological polar surface area (TPSA) is 55.0 Å². The van der Waals surface area contributed by atoms with E-state index in [9.17, 15) is 4.79 Å². The van der Waals surface area contributed by atoms with E-state index in [1.54, 1.807) is 36.3 Å². The van der Waals surface area contributed by atoms with E-state index in [1.807, 2.05) is 12.1 Å². The molecule has 0 radical (unpaired) electrons. The predicted molar refractivity (Wildman–Crippen MR) is 76.3 cm³/mol. The molecule has 1 aromatic carbocycles. The third kappa shape index (κ3) is 3.89. The zero-order valence-electron chi connectivity index (χ0n) is 9.75. The van der Waals surface area contributed by atoms with Gasteiger partial charge in [-0.15, -0.1) is 17.0 Å². The third-order valence-corrected chi connectivity index (χ3v) is 3.20. The minimum atomic E-state index is -0.310. The van der Waals surface area contributed by atoms with Gasteiger partial charge in [-0.2, -0.15) is 0 Å². The standard InChI is InChI=1S/C12H12N2O2S.BrH/c1-16-11(15)10-4-2-9(3-5-10)8-17-12-13-6-7-14-12;/h2-7H,8H2,1H3,(H,13,14);1H. The smallest absolute Gasteiger partial charge is 0.337 e. The van der Waals surface area contributed by atoms with E-state index in [-0.39, 0.29) is 23.0 Å². The molecule has 0 amide bonds. The van der Waals surface area contributed by atoms with Crippen molar-refractivity contribution in [2.24, 2.45) is 0 Å². The molecule has 6 heteroatoms. The summed E-state index contributed by atoms with van der Waals surface area (Å²) in [7, 11) is 1.38. The van der Waals surface area contributed by atoms with Gasteiger partial charge in [0.25, 0.3) is 0 Å². The monoisotopic (exact) mass is 328 g/mol. The van der Waals surface area contributed by atoms with Crippen LogP contribution in [0, 0.1) is 0 Å². The molecular weight excluding hydrogens is 316 g/mol. The number of hydrogen-bond donors (Lipinski definition) is 1. The van der Waals surface area contributed by atoms with Crippen LogP contribution in [0.25, 0.3) is 0 Å². The minimum absolute atomic E-state index is 0. The summed E-state index contributed by atoms with van der Waals surface area (Å²) in [6.07, 6.45) is 3.52. The van der Waals surface area contributed by atoms with Crippen molar-refractivity contribution in [2.45, 2.75) is 10.9 Å². The number of carbonyl (C=O) groups is 1. The maximum atomic E-state index is 11.2. The molecule has 0 saturated heterocycles. The quantitative estimate of drug-likeness (QED) is 0.692.